The van der Waals surface area contributed by atoms with Crippen molar-refractivity contribution in [1.82, 2.24) is 35.6 Å². The Bertz CT molecular complexity index is 3240. The van der Waals surface area contributed by atoms with Crippen LogP contribution < -0.4 is 16.0 Å². The number of hydrogen-bond donors (Lipinski definition) is 5. The van der Waals surface area contributed by atoms with Crippen LogP contribution in [-0.2, 0) is 39.0 Å². The smallest absolute Gasteiger partial charge is 0.356 e. The molecule has 0 spiro atoms. The zero-order valence-corrected chi connectivity index (χ0v) is 47.1. The molecule has 0 aliphatic carbocycles. The minimum Gasteiger partial charge on any atom is -0.356 e. The highest BCUT2D eigenvalue weighted by Gasteiger charge is 2.51. The number of fused-ring (bicyclic) bond motifs is 2. The summed E-state index contributed by atoms with van der Waals surface area (Å²) in [5, 5.41) is 7.96. The quantitative estimate of drug-likeness (QED) is 0.0238. The van der Waals surface area contributed by atoms with Crippen LogP contribution in [0.3, 0.4) is 0 Å². The summed E-state index contributed by atoms with van der Waals surface area (Å²) in [5.74, 6) is 1.27. The molecule has 3 saturated heterocycles. The number of halogens is 2. The second-order valence-corrected chi connectivity index (χ2v) is 24.8. The van der Waals surface area contributed by atoms with Crippen molar-refractivity contribution in [1.29, 1.82) is 0 Å². The van der Waals surface area contributed by atoms with E-state index in [-0.39, 0.29) is 65.7 Å². The van der Waals surface area contributed by atoms with Gasteiger partial charge in [-0.2, -0.15) is 8.78 Å². The third-order valence-corrected chi connectivity index (χ3v) is 17.3. The average Bonchev–Trinajstić information content (AvgIpc) is 3.98. The highest BCUT2D eigenvalue weighted by molar-refractivity contribution is 7.52. The third-order valence-electron chi connectivity index (χ3n) is 15.2. The fraction of sp³-hybridized carbons (Fsp3) is 0.466. The zero-order valence-electron chi connectivity index (χ0n) is 45.3. The monoisotopic (exact) mass is 1150 g/mol. The zero-order chi connectivity index (χ0) is 58.4. The SMILES string of the molecule is CC(C)(C)C(NC(=O)c1cc2cc(C(F)(F)P(=O)(O)O)ccc2s1)C(=O)N1CCN(C(=O)CC(=O)NCCCCCCCCC#Cc2ccc3c(c2)C(=O)N(C2CCC(=O)NC2=O)C3=O)C[C@H]1C(=O)N1CCC[C@H](c2ccccc2)C1. The highest BCUT2D eigenvalue weighted by atomic mass is 32.1. The van der Waals surface area contributed by atoms with Crippen LogP contribution in [0.15, 0.2) is 72.8 Å². The molecule has 3 aromatic carbocycles. The number of piperidine rings is 2. The van der Waals surface area contributed by atoms with Crippen LogP contribution in [0.1, 0.15) is 151 Å². The van der Waals surface area contributed by atoms with E-state index in [4.69, 9.17) is 0 Å². The standard InChI is InChI=1S/C58H66F2N7O12PS/c1-57(2,3)50(63-52(72)46-32-39-31-40(21-24-45(39)81-46)58(59,60)80(77,78)79)56(76)66-29-28-64(35-44(66)55(75)65-27-15-19-38(34-65)37-17-12-10-13-18-37)49(70)33-48(69)61-26-14-9-7-5-4-6-8-11-16-36-20-22-41-42(30-36)54(74)67(53(41)73)43-23-25-47(68)62-51(43)71/h10,12-13,17-18,20-22,24,30-32,38,43-44,50H,4-9,14-15,19,23,25-29,33-35H2,1-3H3,(H,61,69)(H,63,72)(H,62,68,71)(H2,77,78,79)/t38-,43?,44-,50?/m0/s1. The molecule has 2 unspecified atom stereocenters. The number of carbonyl (C=O) groups is 9. The van der Waals surface area contributed by atoms with Gasteiger partial charge in [0.1, 0.15) is 24.5 Å². The molecule has 4 aliphatic rings. The lowest BCUT2D eigenvalue weighted by atomic mass is 9.85. The summed E-state index contributed by atoms with van der Waals surface area (Å²) in [5.41, 5.74) is -4.32. The Labute approximate surface area is 471 Å². The lowest BCUT2D eigenvalue weighted by Crippen LogP contribution is -2.66. The molecule has 9 amide bonds. The molecule has 5 heterocycles. The first-order valence-electron chi connectivity index (χ1n) is 27.2. The van der Waals surface area contributed by atoms with Gasteiger partial charge in [-0.3, -0.25) is 57.9 Å². The fourth-order valence-corrected chi connectivity index (χ4v) is 12.1. The predicted molar refractivity (Wildman–Crippen MR) is 295 cm³/mol. The Balaban J connectivity index is 0.821. The third kappa shape index (κ3) is 13.9. The molecular weight excluding hydrogens is 1090 g/mol. The van der Waals surface area contributed by atoms with Crippen LogP contribution in [0, 0.1) is 17.3 Å². The van der Waals surface area contributed by atoms with Gasteiger partial charge in [-0.1, -0.05) is 94.7 Å². The number of unbranched alkanes of at least 4 members (excludes halogenated alkanes) is 6. The Morgan fingerprint density at radius 1 is 0.827 bits per heavy atom. The van der Waals surface area contributed by atoms with E-state index in [9.17, 15) is 66.3 Å². The molecule has 430 valence electrons. The fourth-order valence-electron chi connectivity index (χ4n) is 10.7. The summed E-state index contributed by atoms with van der Waals surface area (Å²) in [6.45, 7) is 6.10. The average molecular weight is 1150 g/mol. The van der Waals surface area contributed by atoms with E-state index in [0.29, 0.717) is 49.2 Å². The summed E-state index contributed by atoms with van der Waals surface area (Å²) in [6.07, 6.45) is 6.92. The first-order chi connectivity index (χ1) is 38.4. The van der Waals surface area contributed by atoms with Crippen molar-refractivity contribution in [2.75, 3.05) is 39.3 Å². The van der Waals surface area contributed by atoms with Gasteiger partial charge in [0.25, 0.3) is 17.7 Å². The number of benzene rings is 3. The van der Waals surface area contributed by atoms with Crippen molar-refractivity contribution in [3.8, 4) is 11.8 Å². The molecule has 0 bridgehead atoms. The van der Waals surface area contributed by atoms with E-state index in [2.05, 4.69) is 27.8 Å². The molecule has 5 N–H and O–H groups in total. The summed E-state index contributed by atoms with van der Waals surface area (Å²) in [4.78, 5) is 145. The molecule has 8 rings (SSSR count). The van der Waals surface area contributed by atoms with Gasteiger partial charge >= 0.3 is 13.3 Å². The van der Waals surface area contributed by atoms with Gasteiger partial charge in [-0.25, -0.2) is 0 Å². The molecule has 4 atom stereocenters. The predicted octanol–water partition coefficient (Wildman–Crippen LogP) is 6.41. The van der Waals surface area contributed by atoms with Gasteiger partial charge in [0.15, 0.2) is 0 Å². The van der Waals surface area contributed by atoms with E-state index in [1.54, 1.807) is 37.8 Å². The second kappa shape index (κ2) is 25.3. The lowest BCUT2D eigenvalue weighted by Gasteiger charge is -2.45. The molecule has 19 nitrogen and oxygen atoms in total. The van der Waals surface area contributed by atoms with E-state index in [0.717, 1.165) is 72.5 Å². The van der Waals surface area contributed by atoms with Crippen LogP contribution >= 0.6 is 18.9 Å². The number of amides is 9. The van der Waals surface area contributed by atoms with Gasteiger partial charge < -0.3 is 35.1 Å². The molecule has 4 aliphatic heterocycles. The molecule has 4 aromatic rings. The maximum absolute atomic E-state index is 14.9. The number of hydrogen-bond acceptors (Lipinski definition) is 11. The minimum absolute atomic E-state index is 0.00675. The Morgan fingerprint density at radius 3 is 2.26 bits per heavy atom. The van der Waals surface area contributed by atoms with Crippen molar-refractivity contribution >= 4 is 82.2 Å². The molecule has 23 heteroatoms. The first kappa shape index (κ1) is 59.9. The minimum atomic E-state index is -5.86. The number of alkyl halides is 2. The number of carbonyl (C=O) groups excluding carboxylic acids is 9. The number of nitrogens with one attached hydrogen (secondary N) is 3. The van der Waals surface area contributed by atoms with E-state index in [1.165, 1.54) is 28.0 Å². The summed E-state index contributed by atoms with van der Waals surface area (Å²) < 4.78 is 41.2. The Kier molecular flexibility index (Phi) is 18.7. The normalized spacial score (nSPS) is 19.2. The molecule has 3 fully saturated rings. The van der Waals surface area contributed by atoms with Gasteiger partial charge in [0.05, 0.1) is 22.5 Å². The van der Waals surface area contributed by atoms with Gasteiger partial charge in [-0.15, -0.1) is 11.3 Å². The summed E-state index contributed by atoms with van der Waals surface area (Å²) in [7, 11) is -5.86. The van der Waals surface area contributed by atoms with Gasteiger partial charge in [0.2, 0.25) is 35.4 Å². The Morgan fingerprint density at radius 2 is 1.54 bits per heavy atom. The second-order valence-electron chi connectivity index (χ2n) is 22.0. The number of piperazine rings is 1. The van der Waals surface area contributed by atoms with Crippen LogP contribution in [0.4, 0.5) is 8.78 Å². The number of thiophene rings is 1. The van der Waals surface area contributed by atoms with Crippen molar-refractivity contribution < 1.29 is 66.3 Å². The van der Waals surface area contributed by atoms with Crippen molar-refractivity contribution in [3.05, 3.63) is 105 Å². The topological polar surface area (TPSA) is 260 Å². The van der Waals surface area contributed by atoms with Crippen LogP contribution in [0.25, 0.3) is 10.1 Å². The largest absolute Gasteiger partial charge is 0.399 e. The molecule has 0 saturated carbocycles. The van der Waals surface area contributed by atoms with E-state index in [1.807, 2.05) is 30.3 Å². The maximum atomic E-state index is 14.9. The van der Waals surface area contributed by atoms with E-state index < -0.39 is 96.0 Å². The Hall–Kier alpha value is -7.18. The number of likely N-dealkylation sites (tertiary alicyclic amines) is 1. The molecule has 81 heavy (non-hydrogen) atoms. The molecule has 0 radical (unpaired) electrons. The van der Waals surface area contributed by atoms with Crippen LogP contribution in [0.2, 0.25) is 0 Å². The van der Waals surface area contributed by atoms with Gasteiger partial charge in [-0.05, 0) is 84.9 Å². The first-order valence-corrected chi connectivity index (χ1v) is 29.7. The van der Waals surface area contributed by atoms with Crippen molar-refractivity contribution in [3.63, 3.8) is 0 Å². The van der Waals surface area contributed by atoms with Crippen LogP contribution in [-0.4, -0.2) is 140 Å². The highest BCUT2D eigenvalue weighted by Crippen LogP contribution is 2.59. The van der Waals surface area contributed by atoms with Gasteiger partial charge in [0, 0.05) is 67.3 Å². The number of rotatable bonds is 18. The summed E-state index contributed by atoms with van der Waals surface area (Å²) in [6, 6.07) is 15.4. The van der Waals surface area contributed by atoms with Crippen molar-refractivity contribution in [2.45, 2.75) is 128 Å². The van der Waals surface area contributed by atoms with E-state index >= 15 is 0 Å². The van der Waals surface area contributed by atoms with Crippen molar-refractivity contribution in [2.24, 2.45) is 5.41 Å². The number of nitrogens with zero attached hydrogens (tertiary/aromatic N) is 4. The van der Waals surface area contributed by atoms with Crippen LogP contribution in [0.5, 0.6) is 0 Å². The number of imide groups is 2. The molecular formula is C58H66F2N7O12PS. The maximum Gasteiger partial charge on any atom is 0.399 e. The summed E-state index contributed by atoms with van der Waals surface area (Å²) >= 11 is 0.937. The lowest BCUT2D eigenvalue weighted by molar-refractivity contribution is -0.155. The molecule has 1 aromatic heterocycles.